The van der Waals surface area contributed by atoms with E-state index in [0.29, 0.717) is 23.9 Å². The Labute approximate surface area is 169 Å². The minimum atomic E-state index is -4.33. The maximum Gasteiger partial charge on any atom is 0.416 e. The zero-order chi connectivity index (χ0) is 20.9. The molecule has 3 rings (SSSR count). The number of nitrogens with one attached hydrogen (secondary N) is 1. The summed E-state index contributed by atoms with van der Waals surface area (Å²) in [5.74, 6) is 1.44. The molecule has 0 bridgehead atoms. The predicted molar refractivity (Wildman–Crippen MR) is 106 cm³/mol. The lowest BCUT2D eigenvalue weighted by Crippen LogP contribution is -2.40. The van der Waals surface area contributed by atoms with E-state index in [9.17, 15) is 13.2 Å². The molecule has 1 aliphatic rings. The molecule has 0 atom stereocenters. The monoisotopic (exact) mass is 408 g/mol. The Balaban J connectivity index is 1.63. The van der Waals surface area contributed by atoms with Crippen molar-refractivity contribution in [2.45, 2.75) is 38.2 Å². The standard InChI is InChI=1S/C22H27F3N2O2/c1-27-11-9-19(10-12-27)26-14-17-13-20(28-2)7-8-21(17)29-15-16-3-5-18(6-4-16)22(23,24)25/h3-8,13,19,26H,9-12,14-15H2,1-2H3. The van der Waals surface area contributed by atoms with Crippen molar-refractivity contribution < 1.29 is 22.6 Å². The van der Waals surface area contributed by atoms with E-state index in [-0.39, 0.29) is 6.61 Å². The van der Waals surface area contributed by atoms with Crippen molar-refractivity contribution in [2.75, 3.05) is 27.2 Å². The Kier molecular flexibility index (Phi) is 7.03. The Bertz CT molecular complexity index is 786. The van der Waals surface area contributed by atoms with Crippen molar-refractivity contribution >= 4 is 0 Å². The topological polar surface area (TPSA) is 33.7 Å². The molecule has 0 unspecified atom stereocenters. The van der Waals surface area contributed by atoms with Gasteiger partial charge in [0.25, 0.3) is 0 Å². The van der Waals surface area contributed by atoms with Crippen molar-refractivity contribution in [2.24, 2.45) is 0 Å². The highest BCUT2D eigenvalue weighted by molar-refractivity contribution is 5.40. The molecule has 29 heavy (non-hydrogen) atoms. The predicted octanol–water partition coefficient (Wildman–Crippen LogP) is 4.48. The number of methoxy groups -OCH3 is 1. The summed E-state index contributed by atoms with van der Waals surface area (Å²) < 4.78 is 49.4. The van der Waals surface area contributed by atoms with Gasteiger partial charge in [0.1, 0.15) is 18.1 Å². The van der Waals surface area contributed by atoms with E-state index >= 15 is 0 Å². The number of hydrogen-bond donors (Lipinski definition) is 1. The second-order valence-corrected chi connectivity index (χ2v) is 7.42. The lowest BCUT2D eigenvalue weighted by molar-refractivity contribution is -0.137. The van der Waals surface area contributed by atoms with Crippen LogP contribution in [0.1, 0.15) is 29.5 Å². The molecule has 7 heteroatoms. The number of alkyl halides is 3. The molecule has 0 spiro atoms. The normalized spacial score (nSPS) is 16.0. The fraction of sp³-hybridized carbons (Fsp3) is 0.455. The molecule has 1 heterocycles. The van der Waals surface area contributed by atoms with Gasteiger partial charge in [0, 0.05) is 18.2 Å². The quantitative estimate of drug-likeness (QED) is 0.733. The number of rotatable bonds is 7. The van der Waals surface area contributed by atoms with Gasteiger partial charge in [0.15, 0.2) is 0 Å². The average Bonchev–Trinajstić information content (AvgIpc) is 2.71. The lowest BCUT2D eigenvalue weighted by atomic mass is 10.0. The third kappa shape index (κ3) is 6.11. The summed E-state index contributed by atoms with van der Waals surface area (Å²) in [6.07, 6.45) is -2.13. The molecule has 0 aliphatic carbocycles. The molecule has 0 saturated carbocycles. The van der Waals surface area contributed by atoms with Gasteiger partial charge in [-0.1, -0.05) is 12.1 Å². The van der Waals surface area contributed by atoms with Crippen LogP contribution in [0.25, 0.3) is 0 Å². The van der Waals surface area contributed by atoms with Gasteiger partial charge in [-0.3, -0.25) is 0 Å². The van der Waals surface area contributed by atoms with Crippen LogP contribution in [0.3, 0.4) is 0 Å². The van der Waals surface area contributed by atoms with Gasteiger partial charge in [0.05, 0.1) is 12.7 Å². The summed E-state index contributed by atoms with van der Waals surface area (Å²) in [4.78, 5) is 2.32. The largest absolute Gasteiger partial charge is 0.497 e. The van der Waals surface area contributed by atoms with Crippen LogP contribution in [0.15, 0.2) is 42.5 Å². The van der Waals surface area contributed by atoms with Crippen LogP contribution in [-0.2, 0) is 19.3 Å². The number of piperidine rings is 1. The molecule has 158 valence electrons. The number of nitrogens with zero attached hydrogens (tertiary/aromatic N) is 1. The molecule has 1 fully saturated rings. The Hall–Kier alpha value is -2.25. The van der Waals surface area contributed by atoms with Crippen molar-refractivity contribution in [1.29, 1.82) is 0 Å². The summed E-state index contributed by atoms with van der Waals surface area (Å²) >= 11 is 0. The highest BCUT2D eigenvalue weighted by Crippen LogP contribution is 2.30. The third-order valence-corrected chi connectivity index (χ3v) is 5.24. The Morgan fingerprint density at radius 2 is 1.76 bits per heavy atom. The zero-order valence-electron chi connectivity index (χ0n) is 16.8. The maximum atomic E-state index is 12.7. The summed E-state index contributed by atoms with van der Waals surface area (Å²) in [5, 5.41) is 3.59. The van der Waals surface area contributed by atoms with Gasteiger partial charge in [-0.15, -0.1) is 0 Å². The number of hydrogen-bond acceptors (Lipinski definition) is 4. The first-order valence-electron chi connectivity index (χ1n) is 9.73. The molecule has 0 aromatic heterocycles. The molecule has 0 amide bonds. The van der Waals surface area contributed by atoms with Crippen molar-refractivity contribution in [1.82, 2.24) is 10.2 Å². The second kappa shape index (κ2) is 9.50. The van der Waals surface area contributed by atoms with Gasteiger partial charge in [0.2, 0.25) is 0 Å². The highest BCUT2D eigenvalue weighted by atomic mass is 19.4. The van der Waals surface area contributed by atoms with E-state index in [4.69, 9.17) is 9.47 Å². The van der Waals surface area contributed by atoms with Gasteiger partial charge < -0.3 is 19.7 Å². The van der Waals surface area contributed by atoms with Crippen LogP contribution in [0.2, 0.25) is 0 Å². The van der Waals surface area contributed by atoms with Crippen LogP contribution in [0, 0.1) is 0 Å². The minimum absolute atomic E-state index is 0.200. The second-order valence-electron chi connectivity index (χ2n) is 7.42. The molecule has 2 aromatic carbocycles. The summed E-state index contributed by atoms with van der Waals surface area (Å²) in [7, 11) is 3.75. The number of ether oxygens (including phenoxy) is 2. The van der Waals surface area contributed by atoms with Gasteiger partial charge in [-0.25, -0.2) is 0 Å². The van der Waals surface area contributed by atoms with Crippen LogP contribution in [-0.4, -0.2) is 38.2 Å². The van der Waals surface area contributed by atoms with E-state index in [2.05, 4.69) is 17.3 Å². The van der Waals surface area contributed by atoms with Crippen LogP contribution < -0.4 is 14.8 Å². The minimum Gasteiger partial charge on any atom is -0.497 e. The molecule has 0 radical (unpaired) electrons. The zero-order valence-corrected chi connectivity index (χ0v) is 16.8. The first-order valence-corrected chi connectivity index (χ1v) is 9.73. The first kappa shape index (κ1) is 21.5. The summed E-state index contributed by atoms with van der Waals surface area (Å²) in [6, 6.07) is 11.1. The summed E-state index contributed by atoms with van der Waals surface area (Å²) in [5.41, 5.74) is 0.993. The molecule has 2 aromatic rings. The smallest absolute Gasteiger partial charge is 0.416 e. The van der Waals surface area contributed by atoms with Crippen molar-refractivity contribution in [3.63, 3.8) is 0 Å². The van der Waals surface area contributed by atoms with Crippen molar-refractivity contribution in [3.05, 3.63) is 59.2 Å². The number of benzene rings is 2. The van der Waals surface area contributed by atoms with E-state index < -0.39 is 11.7 Å². The van der Waals surface area contributed by atoms with Crippen LogP contribution in [0.4, 0.5) is 13.2 Å². The molecular weight excluding hydrogens is 381 g/mol. The number of halogens is 3. The molecular formula is C22H27F3N2O2. The average molecular weight is 408 g/mol. The van der Waals surface area contributed by atoms with E-state index in [1.54, 1.807) is 7.11 Å². The fourth-order valence-corrected chi connectivity index (χ4v) is 3.38. The molecule has 1 aliphatic heterocycles. The molecule has 1 N–H and O–H groups in total. The number of likely N-dealkylation sites (tertiary alicyclic amines) is 1. The van der Waals surface area contributed by atoms with E-state index in [0.717, 1.165) is 49.4 Å². The Morgan fingerprint density at radius 3 is 2.38 bits per heavy atom. The van der Waals surface area contributed by atoms with Gasteiger partial charge >= 0.3 is 6.18 Å². The third-order valence-electron chi connectivity index (χ3n) is 5.24. The highest BCUT2D eigenvalue weighted by Gasteiger charge is 2.29. The van der Waals surface area contributed by atoms with Crippen LogP contribution in [0.5, 0.6) is 11.5 Å². The maximum absolute atomic E-state index is 12.7. The first-order chi connectivity index (χ1) is 13.8. The van der Waals surface area contributed by atoms with Crippen molar-refractivity contribution in [3.8, 4) is 11.5 Å². The molecule has 1 saturated heterocycles. The SMILES string of the molecule is COc1ccc(OCc2ccc(C(F)(F)F)cc2)c(CNC2CCN(C)CC2)c1. The fourth-order valence-electron chi connectivity index (χ4n) is 3.38. The van der Waals surface area contributed by atoms with E-state index in [1.165, 1.54) is 12.1 Å². The lowest BCUT2D eigenvalue weighted by Gasteiger charge is -2.29. The van der Waals surface area contributed by atoms with Gasteiger partial charge in [-0.05, 0) is 68.9 Å². The van der Waals surface area contributed by atoms with Gasteiger partial charge in [-0.2, -0.15) is 13.2 Å². The Morgan fingerprint density at radius 1 is 1.07 bits per heavy atom. The van der Waals surface area contributed by atoms with E-state index in [1.807, 2.05) is 18.2 Å². The van der Waals surface area contributed by atoms with Crippen LogP contribution >= 0.6 is 0 Å². The summed E-state index contributed by atoms with van der Waals surface area (Å²) in [6.45, 7) is 3.00. The molecule has 4 nitrogen and oxygen atoms in total.